The molecule has 0 aromatic heterocycles. The number of hydrogen-bond donors (Lipinski definition) is 14. The fraction of sp³-hybridized carbons (Fsp3) is 0.870. The van der Waals surface area contributed by atoms with Gasteiger partial charge in [0.25, 0.3) is 5.79 Å². The van der Waals surface area contributed by atoms with E-state index < -0.39 is 155 Å². The van der Waals surface area contributed by atoms with Gasteiger partial charge in [0.15, 0.2) is 12.6 Å². The molecule has 0 radical (unpaired) electrons. The number of allylic oxidation sites excluding steroid dienone is 3. The second-order valence-corrected chi connectivity index (χ2v) is 20.8. The average Bonchev–Trinajstić information content (AvgIpc) is 3.41. The predicted molar refractivity (Wildman–Crippen MR) is 278 cm³/mol. The molecule has 0 aromatic rings. The van der Waals surface area contributed by atoms with Crippen molar-refractivity contribution in [3.8, 4) is 0 Å². The lowest BCUT2D eigenvalue weighted by molar-refractivity contribution is -0.386. The first-order chi connectivity index (χ1) is 36.9. The molecule has 0 saturated carbocycles. The average molecular weight is 1110 g/mol. The number of aliphatic hydroxyl groups excluding tert-OH is 11. The van der Waals surface area contributed by atoms with E-state index in [9.17, 15) is 75.7 Å². The Morgan fingerprint density at radius 2 is 1.23 bits per heavy atom. The second kappa shape index (κ2) is 37.3. The zero-order valence-corrected chi connectivity index (χ0v) is 45.5. The van der Waals surface area contributed by atoms with Gasteiger partial charge in [0.2, 0.25) is 11.8 Å². The molecule has 3 heterocycles. The van der Waals surface area contributed by atoms with Gasteiger partial charge in [-0.1, -0.05) is 128 Å². The quantitative estimate of drug-likeness (QED) is 0.0301. The Bertz CT molecular complexity index is 1700. The summed E-state index contributed by atoms with van der Waals surface area (Å²) in [6.07, 6.45) is -0.0896. The molecule has 23 nitrogen and oxygen atoms in total. The van der Waals surface area contributed by atoms with Crippen LogP contribution in [-0.2, 0) is 42.8 Å². The monoisotopic (exact) mass is 1110 g/mol. The van der Waals surface area contributed by atoms with Crippen molar-refractivity contribution in [3.63, 3.8) is 0 Å². The highest BCUT2D eigenvalue weighted by molar-refractivity contribution is 5.77. The highest BCUT2D eigenvalue weighted by atomic mass is 16.8. The van der Waals surface area contributed by atoms with Gasteiger partial charge in [0.1, 0.15) is 67.1 Å². The Hall–Kier alpha value is -2.79. The molecule has 3 aliphatic rings. The highest BCUT2D eigenvalue weighted by Gasteiger charge is 2.60. The molecule has 23 heteroatoms. The molecule has 14 N–H and O–H groups in total. The Morgan fingerprint density at radius 3 is 1.81 bits per heavy atom. The van der Waals surface area contributed by atoms with Crippen molar-refractivity contribution in [1.29, 1.82) is 0 Å². The van der Waals surface area contributed by atoms with Crippen molar-refractivity contribution in [2.45, 2.75) is 272 Å². The van der Waals surface area contributed by atoms with Crippen LogP contribution in [0.2, 0.25) is 0 Å². The van der Waals surface area contributed by atoms with Crippen LogP contribution < -0.4 is 10.6 Å². The number of rotatable bonds is 39. The zero-order valence-electron chi connectivity index (χ0n) is 45.5. The van der Waals surface area contributed by atoms with Crippen LogP contribution in [0.1, 0.15) is 162 Å². The van der Waals surface area contributed by atoms with Gasteiger partial charge in [-0.05, 0) is 38.5 Å². The normalized spacial score (nSPS) is 31.5. The van der Waals surface area contributed by atoms with Crippen LogP contribution >= 0.6 is 0 Å². The van der Waals surface area contributed by atoms with Gasteiger partial charge in [-0.2, -0.15) is 0 Å². The van der Waals surface area contributed by atoms with Crippen LogP contribution in [0.4, 0.5) is 0 Å². The SMILES string of the molecule is CCCC/C=C\CCCCCCCC(=O)NC(COC1OC(CO)C(OC2OC(CO)C(O)C(OC3(C(=O)O)CC(O)C(NC(C)=O)C(C(O)C(O)CO)O3)C2O)C(O)C1O)C(O)/C=C/CCCCCCCCCCCC. The molecule has 77 heavy (non-hydrogen) atoms. The molecule has 3 fully saturated rings. The van der Waals surface area contributed by atoms with E-state index in [2.05, 4.69) is 36.6 Å². The summed E-state index contributed by atoms with van der Waals surface area (Å²) in [6, 6.07) is -2.62. The lowest BCUT2D eigenvalue weighted by atomic mass is 9.88. The summed E-state index contributed by atoms with van der Waals surface area (Å²) < 4.78 is 34.6. The summed E-state index contributed by atoms with van der Waals surface area (Å²) in [7, 11) is 0. The van der Waals surface area contributed by atoms with Crippen molar-refractivity contribution in [2.24, 2.45) is 0 Å². The number of unbranched alkanes of at least 4 members (excludes halogenated alkanes) is 17. The highest BCUT2D eigenvalue weighted by Crippen LogP contribution is 2.38. The number of nitrogens with one attached hydrogen (secondary N) is 2. The van der Waals surface area contributed by atoms with Gasteiger partial charge < -0.3 is 100 Å². The minimum atomic E-state index is -3.08. The Kier molecular flexibility index (Phi) is 33.1. The number of aliphatic hydroxyl groups is 11. The number of amides is 2. The van der Waals surface area contributed by atoms with Gasteiger partial charge >= 0.3 is 5.97 Å². The molecule has 3 saturated heterocycles. The maximum absolute atomic E-state index is 13.3. The molecule has 0 aromatic carbocycles. The third-order valence-corrected chi connectivity index (χ3v) is 14.4. The summed E-state index contributed by atoms with van der Waals surface area (Å²) in [4.78, 5) is 38.2. The third kappa shape index (κ3) is 22.6. The van der Waals surface area contributed by atoms with Gasteiger partial charge in [-0.3, -0.25) is 9.59 Å². The number of carbonyl (C=O) groups excluding carboxylic acids is 2. The summed E-state index contributed by atoms with van der Waals surface area (Å²) in [5.41, 5.74) is 0. The van der Waals surface area contributed by atoms with Crippen LogP contribution in [0.5, 0.6) is 0 Å². The van der Waals surface area contributed by atoms with Crippen LogP contribution in [0.3, 0.4) is 0 Å². The minimum absolute atomic E-state index is 0.189. The van der Waals surface area contributed by atoms with Crippen LogP contribution in [0, 0.1) is 0 Å². The van der Waals surface area contributed by atoms with E-state index in [1.165, 1.54) is 51.4 Å². The number of carbonyl (C=O) groups is 3. The second-order valence-electron chi connectivity index (χ2n) is 20.8. The standard InChI is InChI=1S/C54H96N2O21/c1-4-6-8-10-12-14-16-18-19-21-23-25-27-36(61)35(56-41(64)28-26-24-22-20-17-15-13-11-9-7-5-2)33-72-51-46(68)45(67)48(40(32-59)74-51)75-52-47(69)50(44(66)39(31-58)73-52)77-54(53(70)71)29-37(62)42(55-34(3)60)49(76-54)43(65)38(63)30-57/h11,13,25,27,35-40,42-52,57-59,61-63,65-69H,4-10,12,14-24,26,28-33H2,1-3H3,(H,55,60)(H,56,64)(H,70,71)/b13-11-,27-25+. The molecular formula is C54H96N2O21. The molecule has 18 unspecified atom stereocenters. The minimum Gasteiger partial charge on any atom is -0.477 e. The molecule has 18 atom stereocenters. The van der Waals surface area contributed by atoms with E-state index in [0.29, 0.717) is 12.8 Å². The Morgan fingerprint density at radius 1 is 0.675 bits per heavy atom. The van der Waals surface area contributed by atoms with E-state index in [1.54, 1.807) is 6.08 Å². The fourth-order valence-electron chi connectivity index (χ4n) is 9.74. The largest absolute Gasteiger partial charge is 0.477 e. The summed E-state index contributed by atoms with van der Waals surface area (Å²) >= 11 is 0. The lowest BCUT2D eigenvalue weighted by Crippen LogP contribution is -2.70. The fourth-order valence-corrected chi connectivity index (χ4v) is 9.74. The maximum atomic E-state index is 13.3. The predicted octanol–water partition coefficient (Wildman–Crippen LogP) is 0.991. The number of carboxylic acids is 1. The number of aliphatic carboxylic acids is 1. The van der Waals surface area contributed by atoms with Gasteiger partial charge in [0, 0.05) is 19.8 Å². The van der Waals surface area contributed by atoms with Crippen LogP contribution in [0.15, 0.2) is 24.3 Å². The Labute approximate surface area is 453 Å². The summed E-state index contributed by atoms with van der Waals surface area (Å²) in [6.45, 7) is 2.00. The molecule has 0 aliphatic carbocycles. The lowest BCUT2D eigenvalue weighted by Gasteiger charge is -2.50. The van der Waals surface area contributed by atoms with Crippen molar-refractivity contribution in [2.75, 3.05) is 26.4 Å². The zero-order chi connectivity index (χ0) is 56.9. The van der Waals surface area contributed by atoms with Gasteiger partial charge in [-0.15, -0.1) is 0 Å². The van der Waals surface area contributed by atoms with E-state index in [1.807, 2.05) is 6.08 Å². The Balaban J connectivity index is 1.72. The van der Waals surface area contributed by atoms with Crippen LogP contribution in [0.25, 0.3) is 0 Å². The number of carboxylic acid groups (broad SMARTS) is 1. The molecule has 0 bridgehead atoms. The van der Waals surface area contributed by atoms with Crippen molar-refractivity contribution in [1.82, 2.24) is 10.6 Å². The molecular weight excluding hydrogens is 1010 g/mol. The van der Waals surface area contributed by atoms with Crippen molar-refractivity contribution >= 4 is 17.8 Å². The topological polar surface area (TPSA) is 373 Å². The molecule has 3 rings (SSSR count). The van der Waals surface area contributed by atoms with E-state index in [0.717, 1.165) is 71.1 Å². The van der Waals surface area contributed by atoms with Crippen LogP contribution in [-0.4, -0.2) is 215 Å². The summed E-state index contributed by atoms with van der Waals surface area (Å²) in [5, 5.41) is 135. The first-order valence-corrected chi connectivity index (χ1v) is 28.2. The molecule has 448 valence electrons. The molecule has 3 aliphatic heterocycles. The van der Waals surface area contributed by atoms with Crippen molar-refractivity contribution in [3.05, 3.63) is 24.3 Å². The summed E-state index contributed by atoms with van der Waals surface area (Å²) in [5.74, 6) is -6.16. The maximum Gasteiger partial charge on any atom is 0.364 e. The first-order valence-electron chi connectivity index (χ1n) is 28.2. The first kappa shape index (κ1) is 68.5. The van der Waals surface area contributed by atoms with Gasteiger partial charge in [-0.25, -0.2) is 4.79 Å². The number of ether oxygens (including phenoxy) is 6. The molecule has 0 spiro atoms. The molecule has 2 amide bonds. The van der Waals surface area contributed by atoms with Gasteiger partial charge in [0.05, 0.1) is 50.7 Å². The van der Waals surface area contributed by atoms with Crippen molar-refractivity contribution < 1.29 is 104 Å². The van der Waals surface area contributed by atoms with E-state index in [-0.39, 0.29) is 12.3 Å². The third-order valence-electron chi connectivity index (χ3n) is 14.4. The van der Waals surface area contributed by atoms with E-state index >= 15 is 0 Å². The number of hydrogen-bond acceptors (Lipinski definition) is 20. The van der Waals surface area contributed by atoms with E-state index in [4.69, 9.17) is 28.4 Å². The smallest absolute Gasteiger partial charge is 0.364 e.